The van der Waals surface area contributed by atoms with E-state index in [1.54, 1.807) is 11.1 Å². The highest BCUT2D eigenvalue weighted by atomic mass is 16.6. The lowest BCUT2D eigenvalue weighted by atomic mass is 10.1. The van der Waals surface area contributed by atoms with Gasteiger partial charge in [0.25, 0.3) is 0 Å². The highest BCUT2D eigenvalue weighted by molar-refractivity contribution is 5.68. The Balaban J connectivity index is 1.92. The van der Waals surface area contributed by atoms with Gasteiger partial charge < -0.3 is 15.4 Å². The minimum absolute atomic E-state index is 0.219. The van der Waals surface area contributed by atoms with Crippen molar-refractivity contribution >= 4 is 6.09 Å². The zero-order valence-electron chi connectivity index (χ0n) is 14.4. The van der Waals surface area contributed by atoms with Gasteiger partial charge in [0.2, 0.25) is 0 Å². The van der Waals surface area contributed by atoms with Crippen molar-refractivity contribution in [3.05, 3.63) is 29.6 Å². The Morgan fingerprint density at radius 2 is 2.09 bits per heavy atom. The molecule has 0 bridgehead atoms. The van der Waals surface area contributed by atoms with Gasteiger partial charge in [-0.2, -0.15) is 0 Å². The second-order valence-electron chi connectivity index (χ2n) is 6.91. The average Bonchev–Trinajstić information content (AvgIpc) is 2.72. The van der Waals surface area contributed by atoms with Crippen LogP contribution < -0.4 is 5.73 Å². The molecule has 23 heavy (non-hydrogen) atoms. The van der Waals surface area contributed by atoms with E-state index in [1.807, 2.05) is 26.8 Å². The Bertz CT molecular complexity index is 528. The summed E-state index contributed by atoms with van der Waals surface area (Å²) < 4.78 is 5.46. The van der Waals surface area contributed by atoms with E-state index in [2.05, 4.69) is 16.0 Å². The topological polar surface area (TPSA) is 71.7 Å². The number of hydrogen-bond acceptors (Lipinski definition) is 5. The van der Waals surface area contributed by atoms with Gasteiger partial charge in [-0.25, -0.2) is 4.79 Å². The first kappa shape index (κ1) is 17.7. The molecule has 6 nitrogen and oxygen atoms in total. The van der Waals surface area contributed by atoms with Crippen LogP contribution in [0, 0.1) is 0 Å². The monoisotopic (exact) mass is 320 g/mol. The van der Waals surface area contributed by atoms with Crippen molar-refractivity contribution < 1.29 is 9.53 Å². The Morgan fingerprint density at radius 3 is 2.78 bits per heavy atom. The maximum absolute atomic E-state index is 12.2. The van der Waals surface area contributed by atoms with Crippen LogP contribution in [0.3, 0.4) is 0 Å². The van der Waals surface area contributed by atoms with Gasteiger partial charge in [0, 0.05) is 45.5 Å². The summed E-state index contributed by atoms with van der Waals surface area (Å²) in [6.07, 6.45) is 2.50. The molecular formula is C17H28N4O2. The van der Waals surface area contributed by atoms with Crippen LogP contribution in [-0.2, 0) is 17.8 Å². The Hall–Kier alpha value is -1.66. The minimum atomic E-state index is -0.450. The summed E-state index contributed by atoms with van der Waals surface area (Å²) in [5.74, 6) is 0. The molecule has 0 spiro atoms. The number of aromatic nitrogens is 1. The van der Waals surface area contributed by atoms with Crippen LogP contribution in [0.25, 0.3) is 0 Å². The van der Waals surface area contributed by atoms with E-state index in [-0.39, 0.29) is 6.09 Å². The molecule has 0 aliphatic carbocycles. The Kier molecular flexibility index (Phi) is 5.96. The second kappa shape index (κ2) is 7.75. The van der Waals surface area contributed by atoms with Gasteiger partial charge in [0.15, 0.2) is 0 Å². The molecule has 0 atom stereocenters. The molecule has 0 saturated carbocycles. The summed E-state index contributed by atoms with van der Waals surface area (Å²) in [5, 5.41) is 0. The number of hydrogen-bond donors (Lipinski definition) is 1. The highest BCUT2D eigenvalue weighted by Gasteiger charge is 2.24. The molecule has 1 aliphatic rings. The van der Waals surface area contributed by atoms with E-state index in [9.17, 15) is 4.79 Å². The van der Waals surface area contributed by atoms with Crippen LogP contribution in [0.4, 0.5) is 4.79 Å². The van der Waals surface area contributed by atoms with E-state index in [0.717, 1.165) is 38.3 Å². The number of nitrogens with zero attached hydrogens (tertiary/aromatic N) is 3. The SMILES string of the molecule is CC(C)(C)OC(=O)N1CCCN(Cc2cccnc2CN)CC1. The molecular weight excluding hydrogens is 292 g/mol. The number of amides is 1. The molecule has 1 aromatic rings. The molecule has 128 valence electrons. The number of ether oxygens (including phenoxy) is 1. The fraction of sp³-hybridized carbons (Fsp3) is 0.647. The van der Waals surface area contributed by atoms with Crippen molar-refractivity contribution in [2.24, 2.45) is 5.73 Å². The smallest absolute Gasteiger partial charge is 0.410 e. The summed E-state index contributed by atoms with van der Waals surface area (Å²) in [7, 11) is 0. The molecule has 1 amide bonds. The third-order valence-electron chi connectivity index (χ3n) is 3.81. The first-order valence-corrected chi connectivity index (χ1v) is 8.22. The van der Waals surface area contributed by atoms with Crippen LogP contribution in [-0.4, -0.2) is 52.7 Å². The lowest BCUT2D eigenvalue weighted by molar-refractivity contribution is 0.0257. The van der Waals surface area contributed by atoms with Crippen LogP contribution in [0.2, 0.25) is 0 Å². The predicted molar refractivity (Wildman–Crippen MR) is 89.8 cm³/mol. The number of nitrogens with two attached hydrogens (primary N) is 1. The Labute approximate surface area is 138 Å². The molecule has 0 unspecified atom stereocenters. The summed E-state index contributed by atoms with van der Waals surface area (Å²) in [4.78, 5) is 20.7. The van der Waals surface area contributed by atoms with E-state index in [4.69, 9.17) is 10.5 Å². The molecule has 0 radical (unpaired) electrons. The molecule has 6 heteroatoms. The number of pyridine rings is 1. The summed E-state index contributed by atoms with van der Waals surface area (Å²) >= 11 is 0. The van der Waals surface area contributed by atoms with Crippen molar-refractivity contribution in [1.82, 2.24) is 14.8 Å². The van der Waals surface area contributed by atoms with Gasteiger partial charge in [-0.1, -0.05) is 6.07 Å². The van der Waals surface area contributed by atoms with Crippen LogP contribution >= 0.6 is 0 Å². The van der Waals surface area contributed by atoms with E-state index in [0.29, 0.717) is 13.1 Å². The molecule has 1 aliphatic heterocycles. The molecule has 1 saturated heterocycles. The second-order valence-corrected chi connectivity index (χ2v) is 6.91. The summed E-state index contributed by atoms with van der Waals surface area (Å²) in [6, 6.07) is 4.02. The quantitative estimate of drug-likeness (QED) is 0.922. The predicted octanol–water partition coefficient (Wildman–Crippen LogP) is 1.98. The molecule has 1 fully saturated rings. The zero-order chi connectivity index (χ0) is 16.9. The van der Waals surface area contributed by atoms with Crippen LogP contribution in [0.1, 0.15) is 38.4 Å². The first-order chi connectivity index (χ1) is 10.9. The van der Waals surface area contributed by atoms with Crippen molar-refractivity contribution in [2.75, 3.05) is 26.2 Å². The van der Waals surface area contributed by atoms with Crippen molar-refractivity contribution in [1.29, 1.82) is 0 Å². The maximum Gasteiger partial charge on any atom is 0.410 e. The number of carbonyl (C=O) groups is 1. The summed E-state index contributed by atoms with van der Waals surface area (Å²) in [6.45, 7) is 10.2. The first-order valence-electron chi connectivity index (χ1n) is 8.22. The Morgan fingerprint density at radius 1 is 1.30 bits per heavy atom. The third kappa shape index (κ3) is 5.48. The van der Waals surface area contributed by atoms with Crippen molar-refractivity contribution in [3.8, 4) is 0 Å². The van der Waals surface area contributed by atoms with E-state index < -0.39 is 5.60 Å². The van der Waals surface area contributed by atoms with Gasteiger partial charge in [0.05, 0.1) is 5.69 Å². The van der Waals surface area contributed by atoms with Gasteiger partial charge in [-0.05, 0) is 38.8 Å². The lowest BCUT2D eigenvalue weighted by Crippen LogP contribution is -2.39. The molecule has 1 aromatic heterocycles. The van der Waals surface area contributed by atoms with Gasteiger partial charge in [0.1, 0.15) is 5.60 Å². The molecule has 0 aromatic carbocycles. The van der Waals surface area contributed by atoms with Crippen molar-refractivity contribution in [2.45, 2.75) is 45.9 Å². The van der Waals surface area contributed by atoms with E-state index >= 15 is 0 Å². The largest absolute Gasteiger partial charge is 0.444 e. The van der Waals surface area contributed by atoms with Gasteiger partial charge in [-0.15, -0.1) is 0 Å². The van der Waals surface area contributed by atoms with Gasteiger partial charge in [-0.3, -0.25) is 9.88 Å². The average molecular weight is 320 g/mol. The standard InChI is InChI=1S/C17H28N4O2/c1-17(2,3)23-16(22)21-9-5-8-20(10-11-21)13-14-6-4-7-19-15(14)12-18/h4,6-7H,5,8-13,18H2,1-3H3. The molecule has 2 heterocycles. The fourth-order valence-electron chi connectivity index (χ4n) is 2.68. The normalized spacial score (nSPS) is 17.0. The van der Waals surface area contributed by atoms with Crippen LogP contribution in [0.5, 0.6) is 0 Å². The summed E-state index contributed by atoms with van der Waals surface area (Å²) in [5.41, 5.74) is 7.42. The van der Waals surface area contributed by atoms with E-state index in [1.165, 1.54) is 5.56 Å². The number of carbonyl (C=O) groups excluding carboxylic acids is 1. The van der Waals surface area contributed by atoms with Crippen LogP contribution in [0.15, 0.2) is 18.3 Å². The number of rotatable bonds is 3. The highest BCUT2D eigenvalue weighted by Crippen LogP contribution is 2.14. The van der Waals surface area contributed by atoms with Crippen molar-refractivity contribution in [3.63, 3.8) is 0 Å². The molecule has 2 rings (SSSR count). The van der Waals surface area contributed by atoms with Gasteiger partial charge >= 0.3 is 6.09 Å². The third-order valence-corrected chi connectivity index (χ3v) is 3.81. The zero-order valence-corrected chi connectivity index (χ0v) is 14.4. The molecule has 2 N–H and O–H groups in total. The maximum atomic E-state index is 12.2. The fourth-order valence-corrected chi connectivity index (χ4v) is 2.68. The minimum Gasteiger partial charge on any atom is -0.444 e. The lowest BCUT2D eigenvalue weighted by Gasteiger charge is -2.26.